The first-order valence-electron chi connectivity index (χ1n) is 11.4. The number of benzene rings is 3. The third kappa shape index (κ3) is 5.38. The lowest BCUT2D eigenvalue weighted by Gasteiger charge is -2.35. The summed E-state index contributed by atoms with van der Waals surface area (Å²) < 4.78 is 0. The molecule has 3 aromatic carbocycles. The van der Waals surface area contributed by atoms with Crippen molar-refractivity contribution in [2.24, 2.45) is 0 Å². The quantitative estimate of drug-likeness (QED) is 0.392. The van der Waals surface area contributed by atoms with E-state index in [2.05, 4.69) is 21.3 Å². The van der Waals surface area contributed by atoms with Crippen LogP contribution >= 0.6 is 0 Å². The highest BCUT2D eigenvalue weighted by Crippen LogP contribution is 2.36. The van der Waals surface area contributed by atoms with Gasteiger partial charge >= 0.3 is 6.03 Å². The van der Waals surface area contributed by atoms with Crippen molar-refractivity contribution in [1.82, 2.24) is 5.32 Å². The van der Waals surface area contributed by atoms with Gasteiger partial charge in [-0.05, 0) is 66.9 Å². The Morgan fingerprint density at radius 1 is 0.800 bits per heavy atom. The van der Waals surface area contributed by atoms with Crippen LogP contribution in [-0.4, -0.2) is 23.8 Å². The molecule has 1 aliphatic heterocycles. The molecule has 1 fully saturated rings. The monoisotopic (exact) mass is 470 g/mol. The number of urea groups is 1. The lowest BCUT2D eigenvalue weighted by atomic mass is 9.72. The Balaban J connectivity index is 1.37. The lowest BCUT2D eigenvalue weighted by molar-refractivity contribution is -0.138. The summed E-state index contributed by atoms with van der Waals surface area (Å²) in [5.74, 6) is -0.829. The Bertz CT molecular complexity index is 1240. The van der Waals surface area contributed by atoms with E-state index < -0.39 is 5.41 Å². The summed E-state index contributed by atoms with van der Waals surface area (Å²) in [6.07, 6.45) is 1.34. The molecule has 4 N–H and O–H groups in total. The fraction of sp³-hybridized carbons (Fsp3) is 0.185. The van der Waals surface area contributed by atoms with E-state index >= 15 is 0 Å². The number of carbonyl (C=O) groups excluding carboxylic acids is 4. The van der Waals surface area contributed by atoms with Gasteiger partial charge in [0.25, 0.3) is 5.91 Å². The van der Waals surface area contributed by atoms with Gasteiger partial charge in [0, 0.05) is 29.0 Å². The van der Waals surface area contributed by atoms with Crippen molar-refractivity contribution in [2.75, 3.05) is 16.0 Å². The molecule has 0 radical (unpaired) electrons. The summed E-state index contributed by atoms with van der Waals surface area (Å²) in [5.41, 5.74) is 2.31. The fourth-order valence-electron chi connectivity index (χ4n) is 4.16. The number of nitrogens with one attached hydrogen (secondary N) is 4. The van der Waals surface area contributed by atoms with Crippen molar-refractivity contribution in [1.29, 1.82) is 0 Å². The number of amides is 5. The van der Waals surface area contributed by atoms with E-state index in [1.54, 1.807) is 48.5 Å². The molecule has 1 unspecified atom stereocenters. The molecule has 0 bridgehead atoms. The molecule has 5 amide bonds. The number of para-hydroxylation sites is 1. The Kier molecular flexibility index (Phi) is 6.91. The largest absolute Gasteiger partial charge is 0.323 e. The zero-order valence-corrected chi connectivity index (χ0v) is 19.3. The predicted molar refractivity (Wildman–Crippen MR) is 134 cm³/mol. The van der Waals surface area contributed by atoms with Gasteiger partial charge in [-0.3, -0.25) is 19.7 Å². The van der Waals surface area contributed by atoms with E-state index in [0.717, 1.165) is 5.56 Å². The van der Waals surface area contributed by atoms with Gasteiger partial charge < -0.3 is 16.0 Å². The number of hydrogen-bond acceptors (Lipinski definition) is 4. The number of carbonyl (C=O) groups is 4. The smallest absolute Gasteiger partial charge is 0.322 e. The third-order valence-electron chi connectivity index (χ3n) is 6.20. The van der Waals surface area contributed by atoms with E-state index in [9.17, 15) is 19.2 Å². The average Bonchev–Trinajstić information content (AvgIpc) is 2.86. The summed E-state index contributed by atoms with van der Waals surface area (Å²) in [5, 5.41) is 10.7. The fourth-order valence-corrected chi connectivity index (χ4v) is 4.16. The minimum absolute atomic E-state index is 0.249. The first-order chi connectivity index (χ1) is 16.9. The van der Waals surface area contributed by atoms with Crippen LogP contribution in [0.2, 0.25) is 0 Å². The number of rotatable bonds is 6. The van der Waals surface area contributed by atoms with Crippen LogP contribution in [0.5, 0.6) is 0 Å². The van der Waals surface area contributed by atoms with Crippen LogP contribution in [0.15, 0.2) is 78.9 Å². The van der Waals surface area contributed by atoms with Crippen LogP contribution in [0.4, 0.5) is 21.9 Å². The summed E-state index contributed by atoms with van der Waals surface area (Å²) in [7, 11) is 0. The topological polar surface area (TPSA) is 116 Å². The second-order valence-corrected chi connectivity index (χ2v) is 8.37. The molecule has 4 rings (SSSR count). The van der Waals surface area contributed by atoms with E-state index in [1.165, 1.54) is 0 Å². The first-order valence-corrected chi connectivity index (χ1v) is 11.4. The molecule has 1 saturated heterocycles. The van der Waals surface area contributed by atoms with E-state index in [0.29, 0.717) is 41.9 Å². The zero-order chi connectivity index (χ0) is 24.8. The summed E-state index contributed by atoms with van der Waals surface area (Å²) in [6.45, 7) is 1.93. The maximum absolute atomic E-state index is 12.7. The molecule has 3 aromatic rings. The normalized spacial score (nSPS) is 17.3. The van der Waals surface area contributed by atoms with Crippen LogP contribution in [0.25, 0.3) is 0 Å². The molecule has 8 nitrogen and oxygen atoms in total. The molecule has 35 heavy (non-hydrogen) atoms. The molecule has 0 spiro atoms. The van der Waals surface area contributed by atoms with Crippen LogP contribution in [0.1, 0.15) is 42.1 Å². The second-order valence-electron chi connectivity index (χ2n) is 8.37. The maximum Gasteiger partial charge on any atom is 0.323 e. The molecule has 8 heteroatoms. The van der Waals surface area contributed by atoms with E-state index in [4.69, 9.17) is 0 Å². The van der Waals surface area contributed by atoms with Crippen molar-refractivity contribution in [2.45, 2.75) is 31.6 Å². The predicted octanol–water partition coefficient (Wildman–Crippen LogP) is 4.67. The number of hydrogen-bond donors (Lipinski definition) is 4. The van der Waals surface area contributed by atoms with Crippen molar-refractivity contribution in [3.8, 4) is 0 Å². The first kappa shape index (κ1) is 23.7. The summed E-state index contributed by atoms with van der Waals surface area (Å²) in [6, 6.07) is 22.4. The number of piperidine rings is 1. The van der Waals surface area contributed by atoms with Gasteiger partial charge in [0.05, 0.1) is 5.41 Å². The molecular weight excluding hydrogens is 444 g/mol. The average molecular weight is 471 g/mol. The highest BCUT2D eigenvalue weighted by molar-refractivity contribution is 6.05. The third-order valence-corrected chi connectivity index (χ3v) is 6.20. The highest BCUT2D eigenvalue weighted by Gasteiger charge is 2.42. The second kappa shape index (κ2) is 10.2. The van der Waals surface area contributed by atoms with Gasteiger partial charge in [-0.25, -0.2) is 4.79 Å². The molecule has 1 heterocycles. The SMILES string of the molecule is CCC1(c2ccc(NC(=O)c3ccc(NC(=O)Nc4ccccc4)cc3)cc2)CCC(=O)NC1=O. The lowest BCUT2D eigenvalue weighted by Crippen LogP contribution is -2.51. The minimum Gasteiger partial charge on any atom is -0.322 e. The summed E-state index contributed by atoms with van der Waals surface area (Å²) in [4.78, 5) is 48.9. The van der Waals surface area contributed by atoms with E-state index in [1.807, 2.05) is 37.3 Å². The molecule has 1 aliphatic rings. The van der Waals surface area contributed by atoms with Crippen LogP contribution in [0.3, 0.4) is 0 Å². The molecule has 0 aliphatic carbocycles. The highest BCUT2D eigenvalue weighted by atomic mass is 16.2. The molecule has 1 atom stereocenters. The Labute approximate surface area is 203 Å². The Morgan fingerprint density at radius 2 is 1.37 bits per heavy atom. The summed E-state index contributed by atoms with van der Waals surface area (Å²) >= 11 is 0. The van der Waals surface area contributed by atoms with Crippen molar-refractivity contribution >= 4 is 40.8 Å². The van der Waals surface area contributed by atoms with Gasteiger partial charge in [-0.2, -0.15) is 0 Å². The molecule has 0 aromatic heterocycles. The molecule has 178 valence electrons. The van der Waals surface area contributed by atoms with Crippen LogP contribution < -0.4 is 21.3 Å². The Morgan fingerprint density at radius 3 is 1.97 bits per heavy atom. The number of anilines is 3. The molecule has 0 saturated carbocycles. The Hall–Kier alpha value is -4.46. The van der Waals surface area contributed by atoms with Gasteiger partial charge in [0.2, 0.25) is 11.8 Å². The van der Waals surface area contributed by atoms with Crippen LogP contribution in [0, 0.1) is 0 Å². The molecular formula is C27H26N4O4. The van der Waals surface area contributed by atoms with Crippen molar-refractivity contribution in [3.05, 3.63) is 90.0 Å². The van der Waals surface area contributed by atoms with Crippen molar-refractivity contribution < 1.29 is 19.2 Å². The number of imide groups is 1. The van der Waals surface area contributed by atoms with Gasteiger partial charge in [-0.1, -0.05) is 37.3 Å². The van der Waals surface area contributed by atoms with Crippen molar-refractivity contribution in [3.63, 3.8) is 0 Å². The maximum atomic E-state index is 12.7. The van der Waals surface area contributed by atoms with Crippen LogP contribution in [-0.2, 0) is 15.0 Å². The zero-order valence-electron chi connectivity index (χ0n) is 19.3. The van der Waals surface area contributed by atoms with Gasteiger partial charge in [-0.15, -0.1) is 0 Å². The minimum atomic E-state index is -0.744. The van der Waals surface area contributed by atoms with Gasteiger partial charge in [0.1, 0.15) is 0 Å². The van der Waals surface area contributed by atoms with E-state index in [-0.39, 0.29) is 23.8 Å². The van der Waals surface area contributed by atoms with Gasteiger partial charge in [0.15, 0.2) is 0 Å². The standard InChI is InChI=1S/C27H26N4O4/c1-2-27(17-16-23(32)31-25(27)34)19-10-14-21(15-11-19)28-24(33)18-8-12-22(13-9-18)30-26(35)29-20-6-4-3-5-7-20/h3-15H,2,16-17H2,1H3,(H,28,33)(H2,29,30,35)(H,31,32,34).